The molecule has 0 saturated heterocycles. The van der Waals surface area contributed by atoms with E-state index < -0.39 is 5.97 Å². The number of carbonyl (C=O) groups excluding carboxylic acids is 1. The number of hydrogen-bond donors (Lipinski definition) is 0. The summed E-state index contributed by atoms with van der Waals surface area (Å²) in [6.07, 6.45) is 1.34. The van der Waals surface area contributed by atoms with E-state index in [9.17, 15) is 4.79 Å². The van der Waals surface area contributed by atoms with Crippen molar-refractivity contribution in [3.05, 3.63) is 42.0 Å². The molecule has 0 heterocycles. The lowest BCUT2D eigenvalue weighted by atomic mass is 10.2. The minimum Gasteiger partial charge on any atom is -0.480 e. The van der Waals surface area contributed by atoms with Gasteiger partial charge in [0.15, 0.2) is 0 Å². The van der Waals surface area contributed by atoms with Crippen molar-refractivity contribution in [2.24, 2.45) is 0 Å². The van der Waals surface area contributed by atoms with Crippen molar-refractivity contribution in [1.29, 1.82) is 0 Å². The first-order valence-corrected chi connectivity index (χ1v) is 5.74. The molecule has 0 spiro atoms. The molecule has 0 aliphatic carbocycles. The topological polar surface area (TPSA) is 35.5 Å². The molecule has 0 fully saturated rings. The molecular weight excluding hydrogens is 228 g/mol. The van der Waals surface area contributed by atoms with Crippen molar-refractivity contribution >= 4 is 11.7 Å². The molecule has 0 atom stereocenters. The second-order valence-corrected chi connectivity index (χ2v) is 3.34. The van der Waals surface area contributed by atoms with Gasteiger partial charge in [-0.15, -0.1) is 5.92 Å². The second kappa shape index (κ2) is 7.97. The third-order valence-corrected chi connectivity index (χ3v) is 2.07. The third kappa shape index (κ3) is 4.75. The molecule has 3 heteroatoms. The van der Waals surface area contributed by atoms with Crippen LogP contribution in [0.3, 0.4) is 0 Å². The fraction of sp³-hybridized carbons (Fsp3) is 0.267. The predicted molar refractivity (Wildman–Crippen MR) is 70.5 cm³/mol. The Morgan fingerprint density at radius 3 is 2.61 bits per heavy atom. The van der Waals surface area contributed by atoms with Crippen LogP contribution in [0.5, 0.6) is 0 Å². The molecule has 0 bridgehead atoms. The van der Waals surface area contributed by atoms with Crippen LogP contribution in [-0.4, -0.2) is 19.2 Å². The molecule has 0 amide bonds. The summed E-state index contributed by atoms with van der Waals surface area (Å²) < 4.78 is 10.3. The number of esters is 1. The van der Waals surface area contributed by atoms with Crippen LogP contribution in [-0.2, 0) is 14.3 Å². The summed E-state index contributed by atoms with van der Waals surface area (Å²) in [6, 6.07) is 9.39. The Labute approximate surface area is 107 Å². The van der Waals surface area contributed by atoms with Crippen molar-refractivity contribution in [3.8, 4) is 11.8 Å². The molecule has 0 unspecified atom stereocenters. The molecule has 0 aliphatic heterocycles. The molecule has 0 saturated carbocycles. The third-order valence-electron chi connectivity index (χ3n) is 2.07. The first-order valence-electron chi connectivity index (χ1n) is 5.74. The molecule has 1 rings (SSSR count). The smallest absolute Gasteiger partial charge is 0.334 e. The lowest BCUT2D eigenvalue weighted by Gasteiger charge is -2.08. The van der Waals surface area contributed by atoms with Crippen molar-refractivity contribution in [2.75, 3.05) is 13.2 Å². The molecule has 1 aromatic rings. The Kier molecular flexibility index (Phi) is 6.13. The number of hydrogen-bond acceptors (Lipinski definition) is 3. The Balaban J connectivity index is 2.87. The SMILES string of the molecule is CC#CCO/C(=C/C(=O)OCC)c1ccccc1. The second-order valence-electron chi connectivity index (χ2n) is 3.34. The van der Waals surface area contributed by atoms with Crippen LogP contribution in [0.1, 0.15) is 19.4 Å². The highest BCUT2D eigenvalue weighted by Crippen LogP contribution is 2.15. The van der Waals surface area contributed by atoms with Gasteiger partial charge in [0.1, 0.15) is 12.4 Å². The van der Waals surface area contributed by atoms with Crippen molar-refractivity contribution in [2.45, 2.75) is 13.8 Å². The molecule has 0 aromatic heterocycles. The standard InChI is InChI=1S/C15H16O3/c1-3-5-11-18-14(12-15(16)17-4-2)13-9-7-6-8-10-13/h6-10,12H,4,11H2,1-2H3/b14-12+. The monoisotopic (exact) mass is 244 g/mol. The van der Waals surface area contributed by atoms with Gasteiger partial charge >= 0.3 is 5.97 Å². The summed E-state index contributed by atoms with van der Waals surface area (Å²) in [4.78, 5) is 11.4. The zero-order valence-corrected chi connectivity index (χ0v) is 10.6. The zero-order chi connectivity index (χ0) is 13.2. The first kappa shape index (κ1) is 13.9. The molecule has 94 valence electrons. The van der Waals surface area contributed by atoms with Gasteiger partial charge in [-0.2, -0.15) is 0 Å². The van der Waals surface area contributed by atoms with Gasteiger partial charge in [0.05, 0.1) is 12.7 Å². The van der Waals surface area contributed by atoms with Crippen LogP contribution >= 0.6 is 0 Å². The van der Waals surface area contributed by atoms with E-state index >= 15 is 0 Å². The first-order chi connectivity index (χ1) is 8.77. The highest BCUT2D eigenvalue weighted by atomic mass is 16.5. The molecule has 0 aliphatic rings. The van der Waals surface area contributed by atoms with E-state index in [2.05, 4.69) is 11.8 Å². The Hall–Kier alpha value is -2.21. The van der Waals surface area contributed by atoms with E-state index in [0.29, 0.717) is 12.4 Å². The summed E-state index contributed by atoms with van der Waals surface area (Å²) in [5.41, 5.74) is 0.823. The minimum absolute atomic E-state index is 0.247. The summed E-state index contributed by atoms with van der Waals surface area (Å²) in [6.45, 7) is 4.08. The quantitative estimate of drug-likeness (QED) is 0.346. The molecule has 3 nitrogen and oxygen atoms in total. The van der Waals surface area contributed by atoms with Crippen LogP contribution in [0.25, 0.3) is 5.76 Å². The van der Waals surface area contributed by atoms with Gasteiger partial charge in [-0.1, -0.05) is 36.3 Å². The molecule has 0 radical (unpaired) electrons. The molecule has 1 aromatic carbocycles. The Morgan fingerprint density at radius 1 is 1.28 bits per heavy atom. The number of ether oxygens (including phenoxy) is 2. The molecular formula is C15H16O3. The van der Waals surface area contributed by atoms with E-state index in [1.807, 2.05) is 30.3 Å². The van der Waals surface area contributed by atoms with Crippen LogP contribution in [0.15, 0.2) is 36.4 Å². The maximum absolute atomic E-state index is 11.4. The Morgan fingerprint density at radius 2 is 2.00 bits per heavy atom. The Bertz CT molecular complexity index is 464. The molecule has 0 N–H and O–H groups in total. The minimum atomic E-state index is -0.416. The normalized spacial score (nSPS) is 10.2. The van der Waals surface area contributed by atoms with Crippen molar-refractivity contribution in [1.82, 2.24) is 0 Å². The van der Waals surface area contributed by atoms with Gasteiger partial charge in [-0.25, -0.2) is 4.79 Å². The summed E-state index contributed by atoms with van der Waals surface area (Å²) in [7, 11) is 0. The fourth-order valence-electron chi connectivity index (χ4n) is 1.29. The highest BCUT2D eigenvalue weighted by Gasteiger charge is 2.06. The lowest BCUT2D eigenvalue weighted by Crippen LogP contribution is -2.03. The van der Waals surface area contributed by atoms with E-state index in [0.717, 1.165) is 5.56 Å². The average molecular weight is 244 g/mol. The van der Waals surface area contributed by atoms with E-state index in [-0.39, 0.29) is 6.61 Å². The summed E-state index contributed by atoms with van der Waals surface area (Å²) >= 11 is 0. The van der Waals surface area contributed by atoms with Gasteiger partial charge < -0.3 is 9.47 Å². The number of rotatable bonds is 5. The maximum Gasteiger partial charge on any atom is 0.334 e. The van der Waals surface area contributed by atoms with Crippen LogP contribution in [0, 0.1) is 11.8 Å². The van der Waals surface area contributed by atoms with Gasteiger partial charge in [-0.05, 0) is 13.8 Å². The van der Waals surface area contributed by atoms with E-state index in [1.165, 1.54) is 6.08 Å². The van der Waals surface area contributed by atoms with E-state index in [1.54, 1.807) is 13.8 Å². The maximum atomic E-state index is 11.4. The van der Waals surface area contributed by atoms with Gasteiger partial charge in [0, 0.05) is 5.56 Å². The number of carbonyl (C=O) groups is 1. The van der Waals surface area contributed by atoms with Crippen LogP contribution < -0.4 is 0 Å². The van der Waals surface area contributed by atoms with Crippen LogP contribution in [0.4, 0.5) is 0 Å². The van der Waals surface area contributed by atoms with Gasteiger partial charge in [-0.3, -0.25) is 0 Å². The predicted octanol–water partition coefficient (Wildman–Crippen LogP) is 2.63. The van der Waals surface area contributed by atoms with Crippen LogP contribution in [0.2, 0.25) is 0 Å². The van der Waals surface area contributed by atoms with Gasteiger partial charge in [0.2, 0.25) is 0 Å². The van der Waals surface area contributed by atoms with Gasteiger partial charge in [0.25, 0.3) is 0 Å². The summed E-state index contributed by atoms with van der Waals surface area (Å²) in [5.74, 6) is 5.58. The largest absolute Gasteiger partial charge is 0.480 e. The summed E-state index contributed by atoms with van der Waals surface area (Å²) in [5, 5.41) is 0. The highest BCUT2D eigenvalue weighted by molar-refractivity contribution is 5.89. The number of benzene rings is 1. The lowest BCUT2D eigenvalue weighted by molar-refractivity contribution is -0.137. The zero-order valence-electron chi connectivity index (χ0n) is 10.6. The fourth-order valence-corrected chi connectivity index (χ4v) is 1.29. The van der Waals surface area contributed by atoms with E-state index in [4.69, 9.17) is 9.47 Å². The molecule has 18 heavy (non-hydrogen) atoms. The van der Waals surface area contributed by atoms with Crippen molar-refractivity contribution in [3.63, 3.8) is 0 Å². The average Bonchev–Trinajstić information content (AvgIpc) is 2.39. The van der Waals surface area contributed by atoms with Crippen molar-refractivity contribution < 1.29 is 14.3 Å².